The van der Waals surface area contributed by atoms with Crippen molar-refractivity contribution >= 4 is 10.2 Å². The van der Waals surface area contributed by atoms with Gasteiger partial charge in [-0.05, 0) is 26.7 Å². The summed E-state index contributed by atoms with van der Waals surface area (Å²) in [6, 6.07) is -0.101. The van der Waals surface area contributed by atoms with Crippen LogP contribution in [0.4, 0.5) is 0 Å². The number of hydrogen-bond acceptors (Lipinski definition) is 3. The molecule has 16 heavy (non-hydrogen) atoms. The fourth-order valence-corrected chi connectivity index (χ4v) is 3.74. The van der Waals surface area contributed by atoms with E-state index in [4.69, 9.17) is 5.73 Å². The zero-order valence-electron chi connectivity index (χ0n) is 10.1. The van der Waals surface area contributed by atoms with E-state index in [9.17, 15) is 8.42 Å². The SMILES string of the molecule is CC(C)NS(=O)(=O)NC1(CN)CCCCC1. The van der Waals surface area contributed by atoms with Crippen molar-refractivity contribution in [2.45, 2.75) is 57.5 Å². The third kappa shape index (κ3) is 4.01. The first-order valence-electron chi connectivity index (χ1n) is 5.90. The summed E-state index contributed by atoms with van der Waals surface area (Å²) in [5.41, 5.74) is 5.29. The van der Waals surface area contributed by atoms with E-state index in [1.807, 2.05) is 0 Å². The van der Waals surface area contributed by atoms with E-state index in [-0.39, 0.29) is 6.04 Å². The van der Waals surface area contributed by atoms with E-state index in [1.54, 1.807) is 13.8 Å². The molecular weight excluding hydrogens is 226 g/mol. The monoisotopic (exact) mass is 249 g/mol. The Labute approximate surface area is 98.4 Å². The van der Waals surface area contributed by atoms with Crippen molar-refractivity contribution in [3.05, 3.63) is 0 Å². The Hall–Kier alpha value is -0.170. The predicted octanol–water partition coefficient (Wildman–Crippen LogP) is 0.480. The first kappa shape index (κ1) is 13.9. The molecule has 1 aliphatic carbocycles. The molecule has 0 aromatic rings. The van der Waals surface area contributed by atoms with Crippen LogP contribution in [-0.4, -0.2) is 26.5 Å². The number of nitrogens with one attached hydrogen (secondary N) is 2. The van der Waals surface area contributed by atoms with E-state index in [0.717, 1.165) is 25.7 Å². The van der Waals surface area contributed by atoms with Gasteiger partial charge in [0, 0.05) is 18.1 Å². The molecule has 0 spiro atoms. The lowest BCUT2D eigenvalue weighted by molar-refractivity contribution is 0.275. The fraction of sp³-hybridized carbons (Fsp3) is 1.00. The summed E-state index contributed by atoms with van der Waals surface area (Å²) in [6.07, 6.45) is 4.93. The van der Waals surface area contributed by atoms with Crippen LogP contribution in [0.1, 0.15) is 46.0 Å². The highest BCUT2D eigenvalue weighted by Crippen LogP contribution is 2.27. The first-order valence-corrected chi connectivity index (χ1v) is 7.39. The third-order valence-electron chi connectivity index (χ3n) is 2.94. The Balaban J connectivity index is 2.68. The van der Waals surface area contributed by atoms with Gasteiger partial charge in [-0.15, -0.1) is 0 Å². The minimum absolute atomic E-state index is 0.101. The van der Waals surface area contributed by atoms with E-state index < -0.39 is 15.7 Å². The molecule has 1 aliphatic rings. The highest BCUT2D eigenvalue weighted by molar-refractivity contribution is 7.87. The zero-order chi connectivity index (χ0) is 12.2. The summed E-state index contributed by atoms with van der Waals surface area (Å²) in [4.78, 5) is 0. The van der Waals surface area contributed by atoms with Crippen LogP contribution in [-0.2, 0) is 10.2 Å². The molecular formula is C10H23N3O2S. The van der Waals surface area contributed by atoms with Crippen LogP contribution in [0.5, 0.6) is 0 Å². The molecule has 1 rings (SSSR count). The van der Waals surface area contributed by atoms with Crippen molar-refractivity contribution in [1.29, 1.82) is 0 Å². The van der Waals surface area contributed by atoms with Crippen LogP contribution in [0, 0.1) is 0 Å². The normalized spacial score (nSPS) is 21.2. The maximum absolute atomic E-state index is 11.8. The van der Waals surface area contributed by atoms with Gasteiger partial charge in [-0.25, -0.2) is 0 Å². The maximum atomic E-state index is 11.8. The van der Waals surface area contributed by atoms with Gasteiger partial charge in [0.25, 0.3) is 10.2 Å². The Morgan fingerprint density at radius 1 is 1.25 bits per heavy atom. The number of rotatable bonds is 5. The molecule has 0 amide bonds. The fourth-order valence-electron chi connectivity index (χ4n) is 2.20. The lowest BCUT2D eigenvalue weighted by atomic mass is 9.83. The van der Waals surface area contributed by atoms with Gasteiger partial charge < -0.3 is 5.73 Å². The van der Waals surface area contributed by atoms with Gasteiger partial charge in [0.1, 0.15) is 0 Å². The smallest absolute Gasteiger partial charge is 0.277 e. The molecule has 0 bridgehead atoms. The molecule has 0 unspecified atom stereocenters. The Bertz CT molecular complexity index is 308. The average molecular weight is 249 g/mol. The molecule has 96 valence electrons. The van der Waals surface area contributed by atoms with Gasteiger partial charge in [-0.3, -0.25) is 0 Å². The zero-order valence-corrected chi connectivity index (χ0v) is 10.9. The Morgan fingerprint density at radius 2 is 1.81 bits per heavy atom. The van der Waals surface area contributed by atoms with Gasteiger partial charge in [0.2, 0.25) is 0 Å². The van der Waals surface area contributed by atoms with Gasteiger partial charge in [-0.1, -0.05) is 19.3 Å². The summed E-state index contributed by atoms with van der Waals surface area (Å²) in [5.74, 6) is 0. The molecule has 0 atom stereocenters. The molecule has 4 N–H and O–H groups in total. The van der Waals surface area contributed by atoms with Crippen LogP contribution in [0.25, 0.3) is 0 Å². The standard InChI is InChI=1S/C10H23N3O2S/c1-9(2)12-16(14,15)13-10(8-11)6-4-3-5-7-10/h9,12-13H,3-8,11H2,1-2H3. The maximum Gasteiger partial charge on any atom is 0.277 e. The predicted molar refractivity (Wildman–Crippen MR) is 65.2 cm³/mol. The highest BCUT2D eigenvalue weighted by atomic mass is 32.2. The van der Waals surface area contributed by atoms with Crippen molar-refractivity contribution in [3.63, 3.8) is 0 Å². The molecule has 0 radical (unpaired) electrons. The largest absolute Gasteiger partial charge is 0.329 e. The lowest BCUT2D eigenvalue weighted by Crippen LogP contribution is -2.58. The summed E-state index contributed by atoms with van der Waals surface area (Å²) in [6.45, 7) is 3.97. The van der Waals surface area contributed by atoms with E-state index in [2.05, 4.69) is 9.44 Å². The second-order valence-electron chi connectivity index (χ2n) is 4.92. The Kier molecular flexibility index (Phi) is 4.73. The first-order chi connectivity index (χ1) is 7.39. The summed E-state index contributed by atoms with van der Waals surface area (Å²) in [5, 5.41) is 0. The van der Waals surface area contributed by atoms with Crippen molar-refractivity contribution in [2.24, 2.45) is 5.73 Å². The highest BCUT2D eigenvalue weighted by Gasteiger charge is 2.34. The molecule has 0 aliphatic heterocycles. The van der Waals surface area contributed by atoms with Crippen molar-refractivity contribution in [1.82, 2.24) is 9.44 Å². The number of hydrogen-bond donors (Lipinski definition) is 3. The topological polar surface area (TPSA) is 84.2 Å². The second-order valence-corrected chi connectivity index (χ2v) is 6.37. The van der Waals surface area contributed by atoms with Crippen molar-refractivity contribution < 1.29 is 8.42 Å². The quantitative estimate of drug-likeness (QED) is 0.662. The van der Waals surface area contributed by atoms with Crippen LogP contribution >= 0.6 is 0 Å². The summed E-state index contributed by atoms with van der Waals surface area (Å²) >= 11 is 0. The van der Waals surface area contributed by atoms with Gasteiger partial charge in [-0.2, -0.15) is 17.9 Å². The molecule has 5 nitrogen and oxygen atoms in total. The average Bonchev–Trinajstić information content (AvgIpc) is 2.16. The molecule has 1 fully saturated rings. The minimum atomic E-state index is -3.43. The van der Waals surface area contributed by atoms with Crippen molar-refractivity contribution in [2.75, 3.05) is 6.54 Å². The molecule has 1 saturated carbocycles. The van der Waals surface area contributed by atoms with Gasteiger partial charge in [0.05, 0.1) is 0 Å². The minimum Gasteiger partial charge on any atom is -0.329 e. The van der Waals surface area contributed by atoms with Crippen LogP contribution in [0.2, 0.25) is 0 Å². The molecule has 0 saturated heterocycles. The van der Waals surface area contributed by atoms with Crippen LogP contribution < -0.4 is 15.2 Å². The number of nitrogens with two attached hydrogens (primary N) is 1. The summed E-state index contributed by atoms with van der Waals surface area (Å²) < 4.78 is 28.8. The molecule has 0 aromatic carbocycles. The lowest BCUT2D eigenvalue weighted by Gasteiger charge is -2.36. The van der Waals surface area contributed by atoms with E-state index >= 15 is 0 Å². The van der Waals surface area contributed by atoms with Crippen LogP contribution in [0.3, 0.4) is 0 Å². The molecule has 0 aromatic heterocycles. The molecule has 0 heterocycles. The second kappa shape index (κ2) is 5.44. The third-order valence-corrected chi connectivity index (χ3v) is 4.43. The van der Waals surface area contributed by atoms with Crippen molar-refractivity contribution in [3.8, 4) is 0 Å². The van der Waals surface area contributed by atoms with Crippen LogP contribution in [0.15, 0.2) is 0 Å². The van der Waals surface area contributed by atoms with Gasteiger partial charge in [0.15, 0.2) is 0 Å². The van der Waals surface area contributed by atoms with E-state index in [1.165, 1.54) is 6.42 Å². The molecule has 6 heteroatoms. The van der Waals surface area contributed by atoms with E-state index in [0.29, 0.717) is 6.54 Å². The Morgan fingerprint density at radius 3 is 2.25 bits per heavy atom. The van der Waals surface area contributed by atoms with Gasteiger partial charge >= 0.3 is 0 Å². The summed E-state index contributed by atoms with van der Waals surface area (Å²) in [7, 11) is -3.43.